The second-order valence-corrected chi connectivity index (χ2v) is 7.08. The van der Waals surface area contributed by atoms with E-state index in [2.05, 4.69) is 53.2 Å². The van der Waals surface area contributed by atoms with Crippen molar-refractivity contribution in [2.75, 3.05) is 26.7 Å². The quantitative estimate of drug-likeness (QED) is 0.400. The van der Waals surface area contributed by atoms with E-state index in [4.69, 9.17) is 4.74 Å². The monoisotopic (exact) mass is 461 g/mol. The average molecular weight is 461 g/mol. The molecule has 0 radical (unpaired) electrons. The lowest BCUT2D eigenvalue weighted by Crippen LogP contribution is -2.59. The van der Waals surface area contributed by atoms with Gasteiger partial charge in [-0.3, -0.25) is 14.9 Å². The minimum Gasteiger partial charge on any atom is -0.373 e. The summed E-state index contributed by atoms with van der Waals surface area (Å²) in [5.41, 5.74) is 1.02. The second kappa shape index (κ2) is 10.3. The summed E-state index contributed by atoms with van der Waals surface area (Å²) in [4.78, 5) is 11.1. The lowest BCUT2D eigenvalue weighted by molar-refractivity contribution is -0.0946. The Morgan fingerprint density at radius 1 is 1.28 bits per heavy atom. The maximum absolute atomic E-state index is 5.84. The number of aliphatic imine (C=N–C) groups is 1. The maximum Gasteiger partial charge on any atom is 0.191 e. The van der Waals surface area contributed by atoms with Gasteiger partial charge in [0.25, 0.3) is 0 Å². The van der Waals surface area contributed by atoms with Crippen LogP contribution in [0.3, 0.4) is 0 Å². The van der Waals surface area contributed by atoms with E-state index in [1.165, 1.54) is 0 Å². The van der Waals surface area contributed by atoms with Gasteiger partial charge in [-0.1, -0.05) is 6.07 Å². The van der Waals surface area contributed by atoms with Crippen LogP contribution < -0.4 is 10.6 Å². The van der Waals surface area contributed by atoms with E-state index in [1.807, 2.05) is 18.2 Å². The number of morpholine rings is 1. The fourth-order valence-corrected chi connectivity index (χ4v) is 2.98. The van der Waals surface area contributed by atoms with Crippen molar-refractivity contribution < 1.29 is 4.74 Å². The number of halogens is 1. The molecule has 1 saturated heterocycles. The topological polar surface area (TPSA) is 61.8 Å². The highest BCUT2D eigenvalue weighted by Crippen LogP contribution is 2.20. The predicted octanol–water partition coefficient (Wildman–Crippen LogP) is 2.25. The largest absolute Gasteiger partial charge is 0.373 e. The molecule has 0 saturated carbocycles. The molecule has 1 fully saturated rings. The van der Waals surface area contributed by atoms with Crippen LogP contribution in [0.4, 0.5) is 0 Å². The van der Waals surface area contributed by atoms with Crippen LogP contribution in [0.15, 0.2) is 29.4 Å². The minimum absolute atomic E-state index is 0. The third-order valence-corrected chi connectivity index (χ3v) is 4.35. The van der Waals surface area contributed by atoms with Crippen molar-refractivity contribution in [1.29, 1.82) is 0 Å². The van der Waals surface area contributed by atoms with Gasteiger partial charge in [0.05, 0.1) is 24.4 Å². The molecule has 2 heterocycles. The lowest BCUT2D eigenvalue weighted by atomic mass is 10.00. The van der Waals surface area contributed by atoms with Crippen LogP contribution in [-0.2, 0) is 11.3 Å². The van der Waals surface area contributed by atoms with Crippen molar-refractivity contribution in [2.45, 2.75) is 52.0 Å². The number of rotatable bonds is 5. The summed E-state index contributed by atoms with van der Waals surface area (Å²) >= 11 is 0. The molecule has 142 valence electrons. The second-order valence-electron chi connectivity index (χ2n) is 7.08. The van der Waals surface area contributed by atoms with Crippen molar-refractivity contribution in [3.63, 3.8) is 0 Å². The van der Waals surface area contributed by atoms with Crippen molar-refractivity contribution in [3.05, 3.63) is 30.1 Å². The molecule has 2 unspecified atom stereocenters. The number of aromatic nitrogens is 1. The van der Waals surface area contributed by atoms with Gasteiger partial charge in [-0.2, -0.15) is 0 Å². The van der Waals surface area contributed by atoms with E-state index < -0.39 is 0 Å². The summed E-state index contributed by atoms with van der Waals surface area (Å²) in [7, 11) is 1.79. The van der Waals surface area contributed by atoms with Crippen LogP contribution in [0.2, 0.25) is 0 Å². The Bertz CT molecular complexity index is 528. The highest BCUT2D eigenvalue weighted by molar-refractivity contribution is 14.0. The first-order chi connectivity index (χ1) is 11.4. The summed E-state index contributed by atoms with van der Waals surface area (Å²) in [6.45, 7) is 12.2. The molecule has 1 aromatic rings. The van der Waals surface area contributed by atoms with Gasteiger partial charge in [-0.25, -0.2) is 0 Å². The molecule has 1 aliphatic heterocycles. The number of guanidine groups is 1. The Balaban J connectivity index is 0.00000312. The molecule has 0 aromatic carbocycles. The summed E-state index contributed by atoms with van der Waals surface area (Å²) in [6.07, 6.45) is 2.35. The Hall–Kier alpha value is -0.930. The summed E-state index contributed by atoms with van der Waals surface area (Å²) < 4.78 is 5.84. The van der Waals surface area contributed by atoms with Crippen LogP contribution in [0.1, 0.15) is 33.4 Å². The molecule has 0 amide bonds. The highest BCUT2D eigenvalue weighted by Gasteiger charge is 2.33. The molecule has 1 aromatic heterocycles. The first-order valence-electron chi connectivity index (χ1n) is 8.65. The van der Waals surface area contributed by atoms with Gasteiger partial charge < -0.3 is 15.4 Å². The van der Waals surface area contributed by atoms with Crippen molar-refractivity contribution in [2.24, 2.45) is 4.99 Å². The molecule has 0 aliphatic carbocycles. The smallest absolute Gasteiger partial charge is 0.191 e. The summed E-state index contributed by atoms with van der Waals surface area (Å²) in [5, 5.41) is 6.75. The zero-order valence-electron chi connectivity index (χ0n) is 16.0. The Kier molecular flexibility index (Phi) is 9.09. The van der Waals surface area contributed by atoms with E-state index in [0.717, 1.165) is 31.3 Å². The summed E-state index contributed by atoms with van der Waals surface area (Å²) in [6, 6.07) is 5.91. The molecule has 2 atom stereocenters. The fraction of sp³-hybridized carbons (Fsp3) is 0.667. The highest BCUT2D eigenvalue weighted by atomic mass is 127. The number of nitrogens with zero attached hydrogens (tertiary/aromatic N) is 3. The van der Waals surface area contributed by atoms with E-state index >= 15 is 0 Å². The van der Waals surface area contributed by atoms with E-state index in [0.29, 0.717) is 6.54 Å². The van der Waals surface area contributed by atoms with Gasteiger partial charge in [0.2, 0.25) is 0 Å². The third kappa shape index (κ3) is 7.07. The van der Waals surface area contributed by atoms with Gasteiger partial charge in [0.15, 0.2) is 5.96 Å². The number of hydrogen-bond donors (Lipinski definition) is 2. The molecular formula is C18H32IN5O. The number of nitrogens with one attached hydrogen (secondary N) is 2. The van der Waals surface area contributed by atoms with Crippen LogP contribution in [0, 0.1) is 0 Å². The summed E-state index contributed by atoms with van der Waals surface area (Å²) in [5.74, 6) is 0.795. The van der Waals surface area contributed by atoms with Crippen LogP contribution in [-0.4, -0.2) is 60.3 Å². The Morgan fingerprint density at radius 2 is 1.96 bits per heavy atom. The first-order valence-corrected chi connectivity index (χ1v) is 8.65. The predicted molar refractivity (Wildman–Crippen MR) is 114 cm³/mol. The van der Waals surface area contributed by atoms with Gasteiger partial charge in [0.1, 0.15) is 0 Å². The van der Waals surface area contributed by atoms with Crippen molar-refractivity contribution in [3.8, 4) is 0 Å². The van der Waals surface area contributed by atoms with Crippen LogP contribution in [0.25, 0.3) is 0 Å². The van der Waals surface area contributed by atoms with E-state index in [9.17, 15) is 0 Å². The molecule has 0 bridgehead atoms. The Morgan fingerprint density at radius 3 is 2.52 bits per heavy atom. The first kappa shape index (κ1) is 22.1. The maximum atomic E-state index is 5.84. The minimum atomic E-state index is 0. The zero-order chi connectivity index (χ0) is 17.6. The zero-order valence-corrected chi connectivity index (χ0v) is 18.3. The van der Waals surface area contributed by atoms with Crippen molar-refractivity contribution in [1.82, 2.24) is 20.5 Å². The molecule has 25 heavy (non-hydrogen) atoms. The molecule has 0 spiro atoms. The van der Waals surface area contributed by atoms with Gasteiger partial charge >= 0.3 is 0 Å². The standard InChI is InChI=1S/C18H31N5O.HI/c1-14-11-23(12-15(2)24-14)18(3,4)13-22-17(19-5)21-10-16-8-6-7-9-20-16;/h6-9,14-15H,10-13H2,1-5H3,(H2,19,21,22);1H. The van der Waals surface area contributed by atoms with Crippen molar-refractivity contribution >= 4 is 29.9 Å². The Labute approximate surface area is 168 Å². The number of pyridine rings is 1. The molecule has 7 heteroatoms. The molecule has 6 nitrogen and oxygen atoms in total. The molecular weight excluding hydrogens is 429 g/mol. The van der Waals surface area contributed by atoms with E-state index in [1.54, 1.807) is 13.2 Å². The normalized spacial score (nSPS) is 22.2. The number of hydrogen-bond acceptors (Lipinski definition) is 4. The SMILES string of the molecule is CN=C(NCc1ccccn1)NCC(C)(C)N1CC(C)OC(C)C1.I. The van der Waals surface area contributed by atoms with Crippen LogP contribution in [0.5, 0.6) is 0 Å². The van der Waals surface area contributed by atoms with E-state index in [-0.39, 0.29) is 41.7 Å². The fourth-order valence-electron chi connectivity index (χ4n) is 2.98. The molecule has 2 N–H and O–H groups in total. The van der Waals surface area contributed by atoms with Gasteiger partial charge in [-0.05, 0) is 39.8 Å². The van der Waals surface area contributed by atoms with Gasteiger partial charge in [0, 0.05) is 38.4 Å². The lowest BCUT2D eigenvalue weighted by Gasteiger charge is -2.45. The third-order valence-electron chi connectivity index (χ3n) is 4.35. The van der Waals surface area contributed by atoms with Gasteiger partial charge in [-0.15, -0.1) is 24.0 Å². The molecule has 1 aliphatic rings. The number of ether oxygens (including phenoxy) is 1. The average Bonchev–Trinajstić information content (AvgIpc) is 2.55. The molecule has 2 rings (SSSR count). The van der Waals surface area contributed by atoms with Crippen LogP contribution >= 0.6 is 24.0 Å².